The number of H-pyrrole nitrogens is 1. The van der Waals surface area contributed by atoms with E-state index < -0.39 is 5.63 Å². The van der Waals surface area contributed by atoms with Crippen LogP contribution in [0.15, 0.2) is 32.5 Å². The number of aromatic amines is 1. The Morgan fingerprint density at radius 3 is 3.17 bits per heavy atom. The quantitative estimate of drug-likeness (QED) is 0.820. The van der Waals surface area contributed by atoms with E-state index in [0.717, 1.165) is 16.1 Å². The predicted octanol–water partition coefficient (Wildman–Crippen LogP) is 1.03. The average molecular weight is 261 g/mol. The summed E-state index contributed by atoms with van der Waals surface area (Å²) in [5.74, 6) is 0.201. The van der Waals surface area contributed by atoms with Gasteiger partial charge in [-0.25, -0.2) is 9.95 Å². The molecule has 0 saturated carbocycles. The second-order valence-corrected chi connectivity index (χ2v) is 4.15. The molecule has 0 unspecified atom stereocenters. The molecule has 90 valence electrons. The van der Waals surface area contributed by atoms with Gasteiger partial charge in [0.2, 0.25) is 0 Å². The van der Waals surface area contributed by atoms with Gasteiger partial charge in [0, 0.05) is 11.4 Å². The Morgan fingerprint density at radius 2 is 2.33 bits per heavy atom. The zero-order valence-electron chi connectivity index (χ0n) is 9.31. The molecule has 0 atom stereocenters. The van der Waals surface area contributed by atoms with Gasteiger partial charge in [0.05, 0.1) is 22.8 Å². The molecule has 0 bridgehead atoms. The number of nitrogens with zero attached hydrogens (tertiary/aromatic N) is 1. The maximum absolute atomic E-state index is 11.6. The van der Waals surface area contributed by atoms with Gasteiger partial charge in [-0.2, -0.15) is 0 Å². The normalized spacial score (nSPS) is 13.7. The van der Waals surface area contributed by atoms with E-state index in [2.05, 4.69) is 10.1 Å². The maximum Gasteiger partial charge on any atom is 0.364 e. The lowest BCUT2D eigenvalue weighted by Gasteiger charge is -1.93. The van der Waals surface area contributed by atoms with E-state index in [0.29, 0.717) is 11.3 Å². The molecule has 3 rings (SSSR count). The van der Waals surface area contributed by atoms with Gasteiger partial charge in [-0.05, 0) is 23.4 Å². The molecule has 1 N–H and O–H groups in total. The third-order valence-electron chi connectivity index (χ3n) is 2.82. The molecular weight excluding hydrogens is 252 g/mol. The number of aromatic nitrogens is 1. The first-order chi connectivity index (χ1) is 8.79. The Balaban J connectivity index is 2.28. The molecule has 0 aliphatic carbocycles. The molecule has 1 aliphatic rings. The summed E-state index contributed by atoms with van der Waals surface area (Å²) in [6.07, 6.45) is 5.42. The molecule has 0 radical (unpaired) electrons. The monoisotopic (exact) mass is 260 g/mol. The molecule has 1 aromatic carbocycles. The van der Waals surface area contributed by atoms with Gasteiger partial charge in [0.1, 0.15) is 0 Å². The topological polar surface area (TPSA) is 58.4 Å². The van der Waals surface area contributed by atoms with Crippen LogP contribution in [0.5, 0.6) is 0 Å². The third kappa shape index (κ3) is 1.71. The highest BCUT2D eigenvalue weighted by Gasteiger charge is 2.08. The number of nitrogens with one attached hydrogen (secondary N) is 1. The number of benzene rings is 1. The maximum atomic E-state index is 11.6. The minimum atomic E-state index is -0.415. The molecule has 4 nitrogen and oxygen atoms in total. The van der Waals surface area contributed by atoms with Crippen molar-refractivity contribution < 1.29 is 4.52 Å². The van der Waals surface area contributed by atoms with Gasteiger partial charge in [0.25, 0.3) is 0 Å². The standard InChI is InChI=1S/C13H9ClN2O2/c14-7-12-10(13(17)18-16-12)6-8-2-1-3-11-9(8)4-5-15-11/h1-6,16H,7H2. The van der Waals surface area contributed by atoms with Crippen LogP contribution in [0.2, 0.25) is 0 Å². The van der Waals surface area contributed by atoms with Gasteiger partial charge in [-0.1, -0.05) is 12.1 Å². The largest absolute Gasteiger partial charge is 0.364 e. The molecule has 0 saturated heterocycles. The Bertz CT molecular complexity index is 799. The highest BCUT2D eigenvalue weighted by atomic mass is 35.5. The van der Waals surface area contributed by atoms with E-state index in [1.165, 1.54) is 0 Å². The van der Waals surface area contributed by atoms with Crippen molar-refractivity contribution in [1.82, 2.24) is 5.16 Å². The highest BCUT2D eigenvalue weighted by molar-refractivity contribution is 6.17. The second-order valence-electron chi connectivity index (χ2n) is 3.89. The lowest BCUT2D eigenvalue weighted by molar-refractivity contribution is 0.386. The molecule has 0 amide bonds. The molecule has 1 aliphatic heterocycles. The van der Waals surface area contributed by atoms with Crippen LogP contribution >= 0.6 is 11.6 Å². The van der Waals surface area contributed by atoms with Crippen LogP contribution in [0.1, 0.15) is 11.3 Å². The fourth-order valence-corrected chi connectivity index (χ4v) is 2.12. The van der Waals surface area contributed by atoms with E-state index in [1.54, 1.807) is 12.3 Å². The summed E-state index contributed by atoms with van der Waals surface area (Å²) in [4.78, 5) is 15.8. The molecule has 2 heterocycles. The van der Waals surface area contributed by atoms with Crippen LogP contribution in [-0.2, 0) is 5.88 Å². The molecule has 5 heteroatoms. The molecular formula is C13H9ClN2O2. The Hall–Kier alpha value is -2.07. The van der Waals surface area contributed by atoms with Gasteiger partial charge in [-0.3, -0.25) is 4.99 Å². The fraction of sp³-hybridized carbons (Fsp3) is 0.0769. The summed E-state index contributed by atoms with van der Waals surface area (Å²) in [7, 11) is 0. The number of fused-ring (bicyclic) bond motifs is 1. The fourth-order valence-electron chi connectivity index (χ4n) is 1.92. The van der Waals surface area contributed by atoms with E-state index in [4.69, 9.17) is 16.1 Å². The Morgan fingerprint density at radius 1 is 1.44 bits per heavy atom. The molecule has 1 aromatic heterocycles. The highest BCUT2D eigenvalue weighted by Crippen LogP contribution is 2.07. The van der Waals surface area contributed by atoms with Crippen LogP contribution < -0.4 is 16.1 Å². The molecule has 18 heavy (non-hydrogen) atoms. The molecule has 0 spiro atoms. The predicted molar refractivity (Wildman–Crippen MR) is 70.8 cm³/mol. The number of alkyl halides is 1. The van der Waals surface area contributed by atoms with Crippen molar-refractivity contribution in [1.29, 1.82) is 0 Å². The van der Waals surface area contributed by atoms with Gasteiger partial charge in [0.15, 0.2) is 0 Å². The summed E-state index contributed by atoms with van der Waals surface area (Å²) in [6, 6.07) is 5.75. The smallest absolute Gasteiger partial charge is 0.338 e. The van der Waals surface area contributed by atoms with Gasteiger partial charge >= 0.3 is 5.63 Å². The van der Waals surface area contributed by atoms with Crippen LogP contribution in [0.3, 0.4) is 0 Å². The minimum absolute atomic E-state index is 0.201. The number of aliphatic imine (C=N–C) groups is 1. The number of hydrogen-bond acceptors (Lipinski definition) is 3. The SMILES string of the molecule is O=c1o[nH]c(CCl)c1C=c1cccc2c1=CC=N2. The molecule has 2 aromatic rings. The zero-order valence-corrected chi connectivity index (χ0v) is 10.1. The lowest BCUT2D eigenvalue weighted by atomic mass is 10.1. The average Bonchev–Trinajstić information content (AvgIpc) is 2.98. The Labute approximate surface area is 107 Å². The van der Waals surface area contributed by atoms with Crippen molar-refractivity contribution in [2.75, 3.05) is 0 Å². The number of halogens is 1. The van der Waals surface area contributed by atoms with Crippen molar-refractivity contribution in [3.8, 4) is 0 Å². The number of rotatable bonds is 2. The summed E-state index contributed by atoms with van der Waals surface area (Å²) in [5, 5.41) is 4.44. The second kappa shape index (κ2) is 4.31. The minimum Gasteiger partial charge on any atom is -0.338 e. The van der Waals surface area contributed by atoms with Crippen molar-refractivity contribution in [2.24, 2.45) is 4.99 Å². The first-order valence-corrected chi connectivity index (χ1v) is 5.94. The zero-order chi connectivity index (χ0) is 12.5. The first kappa shape index (κ1) is 11.0. The van der Waals surface area contributed by atoms with Crippen LogP contribution in [0.4, 0.5) is 5.69 Å². The van der Waals surface area contributed by atoms with Crippen LogP contribution in [0, 0.1) is 0 Å². The summed E-state index contributed by atoms with van der Waals surface area (Å²) in [5.41, 5.74) is 1.52. The van der Waals surface area contributed by atoms with Crippen molar-refractivity contribution in [2.45, 2.75) is 5.88 Å². The first-order valence-electron chi connectivity index (χ1n) is 5.41. The van der Waals surface area contributed by atoms with E-state index in [1.807, 2.05) is 24.3 Å². The van der Waals surface area contributed by atoms with Crippen molar-refractivity contribution in [3.63, 3.8) is 0 Å². The number of hydrogen-bond donors (Lipinski definition) is 1. The summed E-state index contributed by atoms with van der Waals surface area (Å²) in [6.45, 7) is 0. The van der Waals surface area contributed by atoms with E-state index >= 15 is 0 Å². The summed E-state index contributed by atoms with van der Waals surface area (Å²) < 4.78 is 4.74. The van der Waals surface area contributed by atoms with Gasteiger partial charge in [-0.15, -0.1) is 11.6 Å². The van der Waals surface area contributed by atoms with Crippen LogP contribution in [0.25, 0.3) is 12.2 Å². The summed E-state index contributed by atoms with van der Waals surface area (Å²) >= 11 is 5.75. The van der Waals surface area contributed by atoms with Crippen molar-refractivity contribution >= 4 is 35.7 Å². The third-order valence-corrected chi connectivity index (χ3v) is 3.08. The van der Waals surface area contributed by atoms with E-state index in [-0.39, 0.29) is 5.88 Å². The van der Waals surface area contributed by atoms with Crippen LogP contribution in [-0.4, -0.2) is 11.4 Å². The van der Waals surface area contributed by atoms with Gasteiger partial charge < -0.3 is 4.52 Å². The Kier molecular flexibility index (Phi) is 2.64. The van der Waals surface area contributed by atoms with Crippen molar-refractivity contribution in [3.05, 3.63) is 50.3 Å². The molecule has 0 fully saturated rings. The van der Waals surface area contributed by atoms with E-state index in [9.17, 15) is 4.79 Å². The lowest BCUT2D eigenvalue weighted by Crippen LogP contribution is -2.24.